The highest BCUT2D eigenvalue weighted by Gasteiger charge is 2.11. The molecule has 0 unspecified atom stereocenters. The van der Waals surface area contributed by atoms with E-state index in [0.29, 0.717) is 11.4 Å². The van der Waals surface area contributed by atoms with Crippen LogP contribution < -0.4 is 10.1 Å². The van der Waals surface area contributed by atoms with Gasteiger partial charge in [0.05, 0.1) is 10.6 Å². The number of aryl methyl sites for hydroxylation is 2. The quantitative estimate of drug-likeness (QED) is 0.875. The zero-order valence-corrected chi connectivity index (χ0v) is 13.5. The van der Waals surface area contributed by atoms with Crippen molar-refractivity contribution in [2.24, 2.45) is 0 Å². The number of carbonyl (C=O) groups is 2. The van der Waals surface area contributed by atoms with Crippen molar-refractivity contribution in [2.45, 2.75) is 13.8 Å². The maximum absolute atomic E-state index is 11.9. The van der Waals surface area contributed by atoms with Crippen molar-refractivity contribution < 1.29 is 19.4 Å². The van der Waals surface area contributed by atoms with Gasteiger partial charge in [0, 0.05) is 5.69 Å². The molecule has 5 nitrogen and oxygen atoms in total. The molecule has 0 spiro atoms. The highest BCUT2D eigenvalue weighted by atomic mass is 35.5. The molecule has 0 fully saturated rings. The summed E-state index contributed by atoms with van der Waals surface area (Å²) in [6.07, 6.45) is 0. The molecule has 0 saturated carbocycles. The molecular weight excluding hydrogens is 318 g/mol. The van der Waals surface area contributed by atoms with Gasteiger partial charge in [-0.3, -0.25) is 4.79 Å². The van der Waals surface area contributed by atoms with Crippen molar-refractivity contribution in [1.82, 2.24) is 0 Å². The first kappa shape index (κ1) is 16.8. The number of benzene rings is 2. The molecule has 0 saturated heterocycles. The second-order valence-corrected chi connectivity index (χ2v) is 5.51. The average Bonchev–Trinajstić information content (AvgIpc) is 2.46. The molecule has 0 bridgehead atoms. The van der Waals surface area contributed by atoms with Crippen LogP contribution in [-0.2, 0) is 4.79 Å². The molecule has 0 radical (unpaired) electrons. The summed E-state index contributed by atoms with van der Waals surface area (Å²) < 4.78 is 5.48. The Bertz CT molecular complexity index is 758. The number of carbonyl (C=O) groups excluding carboxylic acids is 1. The van der Waals surface area contributed by atoms with E-state index in [9.17, 15) is 9.59 Å². The summed E-state index contributed by atoms with van der Waals surface area (Å²) in [5, 5.41) is 11.6. The van der Waals surface area contributed by atoms with Gasteiger partial charge in [-0.2, -0.15) is 0 Å². The van der Waals surface area contributed by atoms with E-state index >= 15 is 0 Å². The third kappa shape index (κ3) is 4.47. The third-order valence-corrected chi connectivity index (χ3v) is 3.49. The summed E-state index contributed by atoms with van der Waals surface area (Å²) in [4.78, 5) is 22.8. The van der Waals surface area contributed by atoms with Gasteiger partial charge in [0.1, 0.15) is 5.75 Å². The van der Waals surface area contributed by atoms with Gasteiger partial charge in [-0.15, -0.1) is 0 Å². The van der Waals surface area contributed by atoms with Gasteiger partial charge in [-0.25, -0.2) is 4.79 Å². The SMILES string of the molecule is Cc1ccc(OCC(=O)Nc2ccc(C(=O)O)c(Cl)c2)c(C)c1. The molecule has 0 aliphatic carbocycles. The Morgan fingerprint density at radius 1 is 1.17 bits per heavy atom. The maximum Gasteiger partial charge on any atom is 0.337 e. The van der Waals surface area contributed by atoms with E-state index in [0.717, 1.165) is 11.1 Å². The number of hydrogen-bond acceptors (Lipinski definition) is 3. The number of nitrogens with one attached hydrogen (secondary N) is 1. The lowest BCUT2D eigenvalue weighted by Crippen LogP contribution is -2.20. The van der Waals surface area contributed by atoms with Gasteiger partial charge in [0.25, 0.3) is 5.91 Å². The molecule has 0 heterocycles. The average molecular weight is 334 g/mol. The Kier molecular flexibility index (Phi) is 5.24. The van der Waals surface area contributed by atoms with Crippen molar-refractivity contribution in [3.05, 3.63) is 58.1 Å². The van der Waals surface area contributed by atoms with Crippen LogP contribution in [0.2, 0.25) is 5.02 Å². The monoisotopic (exact) mass is 333 g/mol. The Morgan fingerprint density at radius 2 is 1.91 bits per heavy atom. The second-order valence-electron chi connectivity index (χ2n) is 5.11. The predicted molar refractivity (Wildman–Crippen MR) is 88.5 cm³/mol. The number of hydrogen-bond donors (Lipinski definition) is 2. The first-order chi connectivity index (χ1) is 10.9. The fourth-order valence-electron chi connectivity index (χ4n) is 2.07. The van der Waals surface area contributed by atoms with Crippen LogP contribution in [0.4, 0.5) is 5.69 Å². The number of aromatic carboxylic acids is 1. The first-order valence-corrected chi connectivity index (χ1v) is 7.27. The number of ether oxygens (including phenoxy) is 1. The number of carboxylic acid groups (broad SMARTS) is 1. The van der Waals surface area contributed by atoms with Crippen molar-refractivity contribution in [3.8, 4) is 5.75 Å². The van der Waals surface area contributed by atoms with Gasteiger partial charge in [0.15, 0.2) is 6.61 Å². The minimum absolute atomic E-state index is 0.0174. The van der Waals surface area contributed by atoms with Gasteiger partial charge in [-0.05, 0) is 43.7 Å². The van der Waals surface area contributed by atoms with Crippen LogP contribution in [0.15, 0.2) is 36.4 Å². The summed E-state index contributed by atoms with van der Waals surface area (Å²) in [5.41, 5.74) is 2.46. The van der Waals surface area contributed by atoms with Crippen molar-refractivity contribution in [1.29, 1.82) is 0 Å². The summed E-state index contributed by atoms with van der Waals surface area (Å²) in [7, 11) is 0. The van der Waals surface area contributed by atoms with E-state index in [-0.39, 0.29) is 23.1 Å². The topological polar surface area (TPSA) is 75.6 Å². The molecule has 2 rings (SSSR count). The molecule has 2 N–H and O–H groups in total. The van der Waals surface area contributed by atoms with Gasteiger partial charge >= 0.3 is 5.97 Å². The number of halogens is 1. The lowest BCUT2D eigenvalue weighted by Gasteiger charge is -2.10. The largest absolute Gasteiger partial charge is 0.483 e. The lowest BCUT2D eigenvalue weighted by atomic mass is 10.1. The number of rotatable bonds is 5. The van der Waals surface area contributed by atoms with Gasteiger partial charge in [0.2, 0.25) is 0 Å². The van der Waals surface area contributed by atoms with Crippen LogP contribution in [-0.4, -0.2) is 23.6 Å². The van der Waals surface area contributed by atoms with Crippen LogP contribution in [0.25, 0.3) is 0 Å². The molecule has 0 aliphatic rings. The molecule has 0 atom stereocenters. The number of amides is 1. The molecular formula is C17H16ClNO4. The van der Waals surface area contributed by atoms with E-state index in [1.165, 1.54) is 18.2 Å². The Hall–Kier alpha value is -2.53. The van der Waals surface area contributed by atoms with Crippen LogP contribution in [0.1, 0.15) is 21.5 Å². The molecule has 1 amide bonds. The third-order valence-electron chi connectivity index (χ3n) is 3.17. The molecule has 2 aromatic carbocycles. The lowest BCUT2D eigenvalue weighted by molar-refractivity contribution is -0.118. The van der Waals surface area contributed by atoms with E-state index < -0.39 is 5.97 Å². The standard InChI is InChI=1S/C17H16ClNO4/c1-10-3-6-15(11(2)7-10)23-9-16(20)19-12-4-5-13(17(21)22)14(18)8-12/h3-8H,9H2,1-2H3,(H,19,20)(H,21,22). The minimum atomic E-state index is -1.12. The maximum atomic E-state index is 11.9. The molecule has 2 aromatic rings. The van der Waals surface area contributed by atoms with Crippen LogP contribution in [0.5, 0.6) is 5.75 Å². The van der Waals surface area contributed by atoms with Gasteiger partial charge < -0.3 is 15.2 Å². The molecule has 0 aromatic heterocycles. The van der Waals surface area contributed by atoms with Gasteiger partial charge in [-0.1, -0.05) is 29.3 Å². The predicted octanol–water partition coefficient (Wildman–Crippen LogP) is 3.67. The van der Waals surface area contributed by atoms with Crippen molar-refractivity contribution >= 4 is 29.2 Å². The Morgan fingerprint density at radius 3 is 2.52 bits per heavy atom. The molecule has 23 heavy (non-hydrogen) atoms. The summed E-state index contributed by atoms with van der Waals surface area (Å²) in [6, 6.07) is 9.90. The summed E-state index contributed by atoms with van der Waals surface area (Å²) >= 11 is 5.85. The fourth-order valence-corrected chi connectivity index (χ4v) is 2.33. The smallest absolute Gasteiger partial charge is 0.337 e. The highest BCUT2D eigenvalue weighted by molar-refractivity contribution is 6.33. The van der Waals surface area contributed by atoms with E-state index in [1.807, 2.05) is 32.0 Å². The van der Waals surface area contributed by atoms with E-state index in [4.69, 9.17) is 21.4 Å². The normalized spacial score (nSPS) is 10.2. The Labute approximate surface area is 138 Å². The minimum Gasteiger partial charge on any atom is -0.483 e. The molecule has 6 heteroatoms. The summed E-state index contributed by atoms with van der Waals surface area (Å²) in [6.45, 7) is 3.74. The molecule has 120 valence electrons. The highest BCUT2D eigenvalue weighted by Crippen LogP contribution is 2.21. The van der Waals surface area contributed by atoms with Crippen LogP contribution >= 0.6 is 11.6 Å². The number of anilines is 1. The van der Waals surface area contributed by atoms with Crippen LogP contribution in [0.3, 0.4) is 0 Å². The molecule has 0 aliphatic heterocycles. The second kappa shape index (κ2) is 7.15. The number of carboxylic acids is 1. The first-order valence-electron chi connectivity index (χ1n) is 6.89. The van der Waals surface area contributed by atoms with E-state index in [1.54, 1.807) is 0 Å². The zero-order valence-electron chi connectivity index (χ0n) is 12.7. The van der Waals surface area contributed by atoms with Crippen molar-refractivity contribution in [3.63, 3.8) is 0 Å². The summed E-state index contributed by atoms with van der Waals surface area (Å²) in [5.74, 6) is -0.833. The Balaban J connectivity index is 1.97. The fraction of sp³-hybridized carbons (Fsp3) is 0.176. The van der Waals surface area contributed by atoms with Crippen LogP contribution in [0, 0.1) is 13.8 Å². The van der Waals surface area contributed by atoms with Crippen molar-refractivity contribution in [2.75, 3.05) is 11.9 Å². The van der Waals surface area contributed by atoms with E-state index in [2.05, 4.69) is 5.32 Å². The zero-order chi connectivity index (χ0) is 17.0.